The number of aromatic nitrogens is 2. The van der Waals surface area contributed by atoms with Gasteiger partial charge in [-0.3, -0.25) is 9.28 Å². The van der Waals surface area contributed by atoms with E-state index in [0.29, 0.717) is 23.7 Å². The van der Waals surface area contributed by atoms with Crippen molar-refractivity contribution < 1.29 is 42.7 Å². The highest BCUT2D eigenvalue weighted by molar-refractivity contribution is 6.99. The first-order valence-electron chi connectivity index (χ1n) is 9.91. The second-order valence-corrected chi connectivity index (χ2v) is 9.19. The predicted octanol–water partition coefficient (Wildman–Crippen LogP) is 1.28. The quantitative estimate of drug-likeness (QED) is 0.211. The smallest absolute Gasteiger partial charge is 0.315 e. The van der Waals surface area contributed by atoms with Crippen LogP contribution in [0.3, 0.4) is 0 Å². The predicted molar refractivity (Wildman–Crippen MR) is 108 cm³/mol. The molecular formula is C20H34IN3O3S. The lowest BCUT2D eigenvalue weighted by molar-refractivity contribution is -0.919. The Morgan fingerprint density at radius 1 is 1.25 bits per heavy atom. The van der Waals surface area contributed by atoms with Crippen molar-refractivity contribution in [3.63, 3.8) is 0 Å². The van der Waals surface area contributed by atoms with Gasteiger partial charge in [-0.2, -0.15) is 4.37 Å². The maximum Gasteiger partial charge on any atom is 0.315 e. The van der Waals surface area contributed by atoms with Gasteiger partial charge in [-0.05, 0) is 27.2 Å². The minimum Gasteiger partial charge on any atom is -1.00 e. The Morgan fingerprint density at radius 2 is 2.00 bits per heavy atom. The van der Waals surface area contributed by atoms with Gasteiger partial charge in [0.25, 0.3) is 5.88 Å². The minimum absolute atomic E-state index is 0. The number of esters is 1. The maximum atomic E-state index is 12.1. The summed E-state index contributed by atoms with van der Waals surface area (Å²) in [6.07, 6.45) is 7.81. The van der Waals surface area contributed by atoms with E-state index in [9.17, 15) is 4.79 Å². The van der Waals surface area contributed by atoms with Gasteiger partial charge in [0.15, 0.2) is 0 Å². The average Bonchev–Trinajstić information content (AvgIpc) is 3.07. The molecule has 6 nitrogen and oxygen atoms in total. The number of carbonyl (C=O) groups excluding carboxylic acids is 1. The summed E-state index contributed by atoms with van der Waals surface area (Å²) in [6, 6.07) is 0. The van der Waals surface area contributed by atoms with Crippen LogP contribution < -0.4 is 28.7 Å². The van der Waals surface area contributed by atoms with Crippen molar-refractivity contribution in [1.29, 1.82) is 0 Å². The van der Waals surface area contributed by atoms with E-state index >= 15 is 0 Å². The van der Waals surface area contributed by atoms with E-state index in [1.54, 1.807) is 0 Å². The van der Waals surface area contributed by atoms with Crippen LogP contribution in [0.5, 0.6) is 5.88 Å². The first-order valence-corrected chi connectivity index (χ1v) is 10.6. The number of rotatable bonds is 9. The van der Waals surface area contributed by atoms with Crippen molar-refractivity contribution in [3.8, 4) is 5.88 Å². The van der Waals surface area contributed by atoms with Crippen LogP contribution in [0.25, 0.3) is 5.57 Å². The zero-order valence-electron chi connectivity index (χ0n) is 17.8. The molecule has 0 N–H and O–H groups in total. The summed E-state index contributed by atoms with van der Waals surface area (Å²) >= 11 is 1.19. The zero-order valence-corrected chi connectivity index (χ0v) is 20.8. The van der Waals surface area contributed by atoms with Gasteiger partial charge in [0.05, 0.1) is 37.3 Å². The van der Waals surface area contributed by atoms with Crippen molar-refractivity contribution in [2.45, 2.75) is 59.8 Å². The Bertz CT molecular complexity index is 657. The molecule has 0 spiro atoms. The summed E-state index contributed by atoms with van der Waals surface area (Å²) in [4.78, 5) is 12.1. The molecule has 0 fully saturated rings. The van der Waals surface area contributed by atoms with Crippen LogP contribution in [-0.4, -0.2) is 52.7 Å². The highest BCUT2D eigenvalue weighted by atomic mass is 127. The third kappa shape index (κ3) is 7.59. The zero-order chi connectivity index (χ0) is 19.9. The van der Waals surface area contributed by atoms with Gasteiger partial charge in [-0.25, -0.2) is 0 Å². The van der Waals surface area contributed by atoms with Gasteiger partial charge in [0, 0.05) is 12.0 Å². The third-order valence-corrected chi connectivity index (χ3v) is 5.24. The molecule has 28 heavy (non-hydrogen) atoms. The highest BCUT2D eigenvalue weighted by Crippen LogP contribution is 2.30. The monoisotopic (exact) mass is 523 g/mol. The molecule has 0 saturated carbocycles. The molecule has 0 aromatic carbocycles. The lowest BCUT2D eigenvalue weighted by Gasteiger charge is -2.37. The van der Waals surface area contributed by atoms with E-state index < -0.39 is 5.41 Å². The summed E-state index contributed by atoms with van der Waals surface area (Å²) in [5.74, 6) is 0.479. The first kappa shape index (κ1) is 25.3. The average molecular weight is 523 g/mol. The molecule has 1 aliphatic rings. The van der Waals surface area contributed by atoms with Crippen LogP contribution in [0.15, 0.2) is 6.08 Å². The molecule has 8 heteroatoms. The number of hydrogen-bond acceptors (Lipinski definition) is 6. The molecule has 0 saturated heterocycles. The highest BCUT2D eigenvalue weighted by Gasteiger charge is 2.33. The molecular weight excluding hydrogens is 489 g/mol. The van der Waals surface area contributed by atoms with E-state index in [1.807, 2.05) is 20.8 Å². The Kier molecular flexibility index (Phi) is 10.3. The van der Waals surface area contributed by atoms with Crippen molar-refractivity contribution in [2.75, 3.05) is 33.5 Å². The van der Waals surface area contributed by atoms with E-state index in [4.69, 9.17) is 9.47 Å². The lowest BCUT2D eigenvalue weighted by atomic mass is 9.97. The number of halogens is 1. The number of carbonyl (C=O) groups is 1. The number of unbranched alkanes of at least 4 members (excludes halogenated alkanes) is 3. The van der Waals surface area contributed by atoms with Crippen molar-refractivity contribution in [3.05, 3.63) is 11.8 Å². The fraction of sp³-hybridized carbons (Fsp3) is 0.750. The molecule has 1 atom stereocenters. The number of nitrogens with zero attached hydrogens (tertiary/aromatic N) is 3. The van der Waals surface area contributed by atoms with E-state index in [0.717, 1.165) is 37.2 Å². The first-order chi connectivity index (χ1) is 12.7. The summed E-state index contributed by atoms with van der Waals surface area (Å²) in [6.45, 7) is 10.6. The Hall–Kier alpha value is -0.740. The van der Waals surface area contributed by atoms with E-state index in [2.05, 4.69) is 28.8 Å². The topological polar surface area (TPSA) is 61.3 Å². The fourth-order valence-electron chi connectivity index (χ4n) is 2.99. The molecule has 1 aromatic rings. The van der Waals surface area contributed by atoms with Crippen LogP contribution in [0.1, 0.15) is 65.5 Å². The van der Waals surface area contributed by atoms with Crippen LogP contribution in [0.2, 0.25) is 0 Å². The normalized spacial score (nSPS) is 19.5. The summed E-state index contributed by atoms with van der Waals surface area (Å²) in [7, 11) is 2.12. The standard InChI is InChI=1S/C20H34N3O3S.HI/c1-6-7-8-9-13-25-18-17(21-27-22-18)16-11-10-12-23(5,14-16)15-26-19(24)20(2,3)4;/h11H,6-10,12-15H2,1-5H3;1H/q+1;/p-1. The molecule has 1 aliphatic heterocycles. The van der Waals surface area contributed by atoms with Gasteiger partial charge >= 0.3 is 5.97 Å². The fourth-order valence-corrected chi connectivity index (χ4v) is 3.52. The molecule has 0 amide bonds. The van der Waals surface area contributed by atoms with Crippen molar-refractivity contribution in [2.24, 2.45) is 5.41 Å². The molecule has 160 valence electrons. The van der Waals surface area contributed by atoms with Crippen LogP contribution in [-0.2, 0) is 9.53 Å². The van der Waals surface area contributed by atoms with E-state index in [1.165, 1.54) is 31.0 Å². The molecule has 1 unspecified atom stereocenters. The Labute approximate surface area is 190 Å². The van der Waals surface area contributed by atoms with Crippen LogP contribution in [0.4, 0.5) is 0 Å². The Morgan fingerprint density at radius 3 is 2.68 bits per heavy atom. The Balaban J connectivity index is 0.00000392. The summed E-state index contributed by atoms with van der Waals surface area (Å²) in [5.41, 5.74) is 1.50. The number of hydrogen-bond donors (Lipinski definition) is 0. The van der Waals surface area contributed by atoms with Crippen LogP contribution >= 0.6 is 11.7 Å². The van der Waals surface area contributed by atoms with Gasteiger partial charge in [-0.1, -0.05) is 32.3 Å². The second-order valence-electron chi connectivity index (χ2n) is 8.66. The molecule has 2 rings (SSSR count). The van der Waals surface area contributed by atoms with Crippen molar-refractivity contribution in [1.82, 2.24) is 8.75 Å². The van der Waals surface area contributed by atoms with Crippen molar-refractivity contribution >= 4 is 23.3 Å². The second kappa shape index (κ2) is 11.4. The molecule has 0 bridgehead atoms. The van der Waals surface area contributed by atoms with Gasteiger partial charge < -0.3 is 33.5 Å². The lowest BCUT2D eigenvalue weighted by Crippen LogP contribution is -3.00. The number of likely N-dealkylation sites (N-methyl/N-ethyl adjacent to an activating group) is 1. The largest absolute Gasteiger partial charge is 1.00 e. The summed E-state index contributed by atoms with van der Waals surface area (Å²) < 4.78 is 20.9. The summed E-state index contributed by atoms with van der Waals surface area (Å²) in [5, 5.41) is 0. The third-order valence-electron chi connectivity index (χ3n) is 4.73. The number of quaternary nitrogens is 1. The molecule has 0 aliphatic carbocycles. The van der Waals surface area contributed by atoms with Crippen LogP contribution in [0, 0.1) is 5.41 Å². The number of ether oxygens (including phenoxy) is 2. The molecule has 2 heterocycles. The molecule has 1 aromatic heterocycles. The van der Waals surface area contributed by atoms with E-state index in [-0.39, 0.29) is 29.9 Å². The van der Waals surface area contributed by atoms with Gasteiger partial charge in [0.1, 0.15) is 12.2 Å². The van der Waals surface area contributed by atoms with Gasteiger partial charge in [-0.15, -0.1) is 4.37 Å². The molecule has 0 radical (unpaired) electrons. The minimum atomic E-state index is -0.481. The maximum absolute atomic E-state index is 12.1. The SMILES string of the molecule is CCCCCCOc1nsnc1C1=CCC[N+](C)(COC(=O)C(C)(C)C)C1.[I-]. The van der Waals surface area contributed by atoms with Gasteiger partial charge in [0.2, 0.25) is 6.73 Å².